The topological polar surface area (TPSA) is 116 Å². The van der Waals surface area contributed by atoms with Crippen LogP contribution >= 0.6 is 0 Å². The summed E-state index contributed by atoms with van der Waals surface area (Å²) >= 11 is 0. The first-order chi connectivity index (χ1) is 15.6. The molecule has 0 aliphatic carbocycles. The number of nitrogens with zero attached hydrogens (tertiary/aromatic N) is 2. The third-order valence-corrected chi connectivity index (χ3v) is 6.88. The third-order valence-electron chi connectivity index (χ3n) is 5.48. The number of amides is 1. The molecule has 3 rings (SSSR count). The van der Waals surface area contributed by atoms with Gasteiger partial charge in [0.15, 0.2) is 0 Å². The van der Waals surface area contributed by atoms with E-state index in [0.717, 1.165) is 5.56 Å². The smallest absolute Gasteiger partial charge is 0.409 e. The first kappa shape index (κ1) is 24.4. The molecule has 2 aromatic rings. The van der Waals surface area contributed by atoms with Crippen molar-refractivity contribution >= 4 is 33.5 Å². The van der Waals surface area contributed by atoms with Crippen LogP contribution in [0.3, 0.4) is 0 Å². The Morgan fingerprint density at radius 1 is 1.06 bits per heavy atom. The van der Waals surface area contributed by atoms with Gasteiger partial charge in [-0.25, -0.2) is 18.0 Å². The number of carbonyl (C=O) groups is 2. The van der Waals surface area contributed by atoms with Crippen LogP contribution in [0.5, 0.6) is 0 Å². The summed E-state index contributed by atoms with van der Waals surface area (Å²) < 4.78 is 33.0. The van der Waals surface area contributed by atoms with Crippen molar-refractivity contribution < 1.29 is 27.9 Å². The van der Waals surface area contributed by atoms with E-state index in [-0.39, 0.29) is 28.2 Å². The number of nitrogens with one attached hydrogen (secondary N) is 1. The van der Waals surface area contributed by atoms with Gasteiger partial charge in [-0.15, -0.1) is 0 Å². The van der Waals surface area contributed by atoms with Gasteiger partial charge in [0.25, 0.3) is 10.0 Å². The number of hydrogen-bond acceptors (Lipinski definition) is 6. The van der Waals surface area contributed by atoms with Gasteiger partial charge in [-0.05, 0) is 48.7 Å². The molecule has 0 unspecified atom stereocenters. The lowest BCUT2D eigenvalue weighted by molar-refractivity contribution is 0.0696. The van der Waals surface area contributed by atoms with Crippen LogP contribution in [0.25, 0.3) is 0 Å². The minimum Gasteiger partial charge on any atom is -0.478 e. The van der Waals surface area contributed by atoms with E-state index in [1.54, 1.807) is 36.1 Å². The Hall–Kier alpha value is -3.27. The van der Waals surface area contributed by atoms with Gasteiger partial charge in [-0.3, -0.25) is 4.72 Å². The Morgan fingerprint density at radius 2 is 1.70 bits per heavy atom. The molecule has 2 aromatic carbocycles. The second-order valence-corrected chi connectivity index (χ2v) is 9.72. The second kappa shape index (κ2) is 10.1. The number of benzene rings is 2. The first-order valence-electron chi connectivity index (χ1n) is 10.8. The minimum absolute atomic E-state index is 0.0186. The van der Waals surface area contributed by atoms with E-state index in [9.17, 15) is 23.1 Å². The largest absolute Gasteiger partial charge is 0.478 e. The molecule has 1 heterocycles. The van der Waals surface area contributed by atoms with Crippen molar-refractivity contribution in [1.82, 2.24) is 4.90 Å². The fourth-order valence-electron chi connectivity index (χ4n) is 3.64. The van der Waals surface area contributed by atoms with Gasteiger partial charge in [0.1, 0.15) is 0 Å². The van der Waals surface area contributed by atoms with Crippen LogP contribution in [-0.4, -0.2) is 63.3 Å². The standard InChI is InChI=1S/C23H29N3O6S/c1-4-32-23(29)26-13-11-25(12-14-26)21-10-7-18(15-20(21)22(27)28)24-33(30,31)19-8-5-17(6-9-19)16(2)3/h5-10,15-16,24H,4,11-14H2,1-3H3,(H,27,28). The number of carboxylic acid groups (broad SMARTS) is 1. The zero-order valence-electron chi connectivity index (χ0n) is 18.9. The molecule has 0 radical (unpaired) electrons. The van der Waals surface area contributed by atoms with Gasteiger partial charge in [-0.2, -0.15) is 0 Å². The van der Waals surface area contributed by atoms with Crippen LogP contribution in [0.15, 0.2) is 47.4 Å². The molecule has 1 saturated heterocycles. The number of carboxylic acids is 1. The van der Waals surface area contributed by atoms with E-state index >= 15 is 0 Å². The minimum atomic E-state index is -3.87. The number of ether oxygens (including phenoxy) is 1. The van der Waals surface area contributed by atoms with Crippen LogP contribution < -0.4 is 9.62 Å². The molecule has 0 saturated carbocycles. The number of rotatable bonds is 7. The van der Waals surface area contributed by atoms with E-state index in [1.807, 2.05) is 18.7 Å². The van der Waals surface area contributed by atoms with Gasteiger partial charge in [0.2, 0.25) is 0 Å². The molecule has 0 aromatic heterocycles. The summed E-state index contributed by atoms with van der Waals surface area (Å²) in [6.07, 6.45) is -0.387. The average Bonchev–Trinajstić information content (AvgIpc) is 2.79. The van der Waals surface area contributed by atoms with Crippen molar-refractivity contribution in [3.8, 4) is 0 Å². The Kier molecular flexibility index (Phi) is 7.47. The fraction of sp³-hybridized carbons (Fsp3) is 0.391. The van der Waals surface area contributed by atoms with Crippen molar-refractivity contribution in [3.05, 3.63) is 53.6 Å². The van der Waals surface area contributed by atoms with Crippen molar-refractivity contribution in [2.45, 2.75) is 31.6 Å². The van der Waals surface area contributed by atoms with E-state index < -0.39 is 16.0 Å². The maximum Gasteiger partial charge on any atom is 0.409 e. The number of sulfonamides is 1. The zero-order chi connectivity index (χ0) is 24.2. The maximum atomic E-state index is 12.8. The summed E-state index contributed by atoms with van der Waals surface area (Å²) in [5.41, 5.74) is 1.63. The number of anilines is 2. The average molecular weight is 476 g/mol. The van der Waals surface area contributed by atoms with Crippen LogP contribution in [0.4, 0.5) is 16.2 Å². The number of aromatic carboxylic acids is 1. The molecule has 178 valence electrons. The van der Waals surface area contributed by atoms with Gasteiger partial charge in [0, 0.05) is 31.9 Å². The van der Waals surface area contributed by atoms with E-state index in [4.69, 9.17) is 4.74 Å². The van der Waals surface area contributed by atoms with Crippen LogP contribution in [0, 0.1) is 0 Å². The quantitative estimate of drug-likeness (QED) is 0.629. The van der Waals surface area contributed by atoms with Crippen LogP contribution in [-0.2, 0) is 14.8 Å². The highest BCUT2D eigenvalue weighted by atomic mass is 32.2. The first-order valence-corrected chi connectivity index (χ1v) is 12.3. The molecular weight excluding hydrogens is 446 g/mol. The normalized spacial score (nSPS) is 14.3. The van der Waals surface area contributed by atoms with Gasteiger partial charge < -0.3 is 19.6 Å². The molecule has 2 N–H and O–H groups in total. The summed E-state index contributed by atoms with van der Waals surface area (Å²) in [6.45, 7) is 7.75. The molecule has 0 spiro atoms. The van der Waals surface area contributed by atoms with Gasteiger partial charge >= 0.3 is 12.1 Å². The summed E-state index contributed by atoms with van der Waals surface area (Å²) in [4.78, 5) is 27.4. The number of piperazine rings is 1. The Bertz CT molecular complexity index is 1110. The highest BCUT2D eigenvalue weighted by Gasteiger charge is 2.25. The molecule has 1 fully saturated rings. The summed E-state index contributed by atoms with van der Waals surface area (Å²) in [5.74, 6) is -0.889. The lowest BCUT2D eigenvalue weighted by Crippen LogP contribution is -2.49. The maximum absolute atomic E-state index is 12.8. The molecule has 0 bridgehead atoms. The SMILES string of the molecule is CCOC(=O)N1CCN(c2ccc(NS(=O)(=O)c3ccc(C(C)C)cc3)cc2C(=O)O)CC1. The lowest BCUT2D eigenvalue weighted by Gasteiger charge is -2.36. The second-order valence-electron chi connectivity index (χ2n) is 8.04. The highest BCUT2D eigenvalue weighted by molar-refractivity contribution is 7.92. The monoisotopic (exact) mass is 475 g/mol. The summed E-state index contributed by atoms with van der Waals surface area (Å²) in [7, 11) is -3.87. The molecule has 10 heteroatoms. The predicted molar refractivity (Wildman–Crippen MR) is 126 cm³/mol. The Morgan fingerprint density at radius 3 is 2.24 bits per heavy atom. The Labute approximate surface area is 194 Å². The summed E-state index contributed by atoms with van der Waals surface area (Å²) in [6, 6.07) is 11.0. The number of hydrogen-bond donors (Lipinski definition) is 2. The number of carbonyl (C=O) groups excluding carboxylic acids is 1. The van der Waals surface area contributed by atoms with E-state index in [1.165, 1.54) is 18.2 Å². The molecular formula is C23H29N3O6S. The van der Waals surface area contributed by atoms with E-state index in [0.29, 0.717) is 38.5 Å². The van der Waals surface area contributed by atoms with Crippen LogP contribution in [0.1, 0.15) is 42.6 Å². The van der Waals surface area contributed by atoms with Crippen molar-refractivity contribution in [2.24, 2.45) is 0 Å². The molecule has 1 amide bonds. The van der Waals surface area contributed by atoms with E-state index in [2.05, 4.69) is 4.72 Å². The highest BCUT2D eigenvalue weighted by Crippen LogP contribution is 2.27. The molecule has 9 nitrogen and oxygen atoms in total. The zero-order valence-corrected chi connectivity index (χ0v) is 19.8. The third kappa shape index (κ3) is 5.75. The fourth-order valence-corrected chi connectivity index (χ4v) is 4.69. The molecule has 1 aliphatic heterocycles. The van der Waals surface area contributed by atoms with Crippen molar-refractivity contribution in [3.63, 3.8) is 0 Å². The summed E-state index contributed by atoms with van der Waals surface area (Å²) in [5, 5.41) is 9.74. The lowest BCUT2D eigenvalue weighted by atomic mass is 10.0. The molecule has 33 heavy (non-hydrogen) atoms. The van der Waals surface area contributed by atoms with Gasteiger partial charge in [-0.1, -0.05) is 26.0 Å². The van der Waals surface area contributed by atoms with Crippen LogP contribution in [0.2, 0.25) is 0 Å². The molecule has 1 aliphatic rings. The van der Waals surface area contributed by atoms with Crippen molar-refractivity contribution in [2.75, 3.05) is 42.4 Å². The predicted octanol–water partition coefficient (Wildman–Crippen LogP) is 3.59. The van der Waals surface area contributed by atoms with Crippen molar-refractivity contribution in [1.29, 1.82) is 0 Å². The van der Waals surface area contributed by atoms with Gasteiger partial charge in [0.05, 0.1) is 22.8 Å². The molecule has 0 atom stereocenters. The Balaban J connectivity index is 1.77.